The molecule has 0 heterocycles. The monoisotopic (exact) mass is 291 g/mol. The van der Waals surface area contributed by atoms with Gasteiger partial charge in [-0.05, 0) is 55.5 Å². The Morgan fingerprint density at radius 2 is 1.76 bits per heavy atom. The molecule has 0 amide bonds. The summed E-state index contributed by atoms with van der Waals surface area (Å²) in [5, 5.41) is 3.19. The Hall–Kier alpha value is -1.02. The van der Waals surface area contributed by atoms with Crippen LogP contribution in [-0.4, -0.2) is 20.2 Å². The predicted molar refractivity (Wildman–Crippen MR) is 92.4 cm³/mol. The number of hydrogen-bond donors (Lipinski definition) is 1. The number of aryl methyl sites for hydroxylation is 1. The molecular weight excluding hydrogens is 258 g/mol. The number of rotatable bonds is 9. The largest absolute Gasteiger partial charge is 0.493 e. The van der Waals surface area contributed by atoms with Gasteiger partial charge in [0.05, 0.1) is 6.61 Å². The van der Waals surface area contributed by atoms with Crippen molar-refractivity contribution in [2.75, 3.05) is 20.2 Å². The zero-order valence-corrected chi connectivity index (χ0v) is 14.6. The van der Waals surface area contributed by atoms with E-state index in [0.717, 1.165) is 31.7 Å². The fourth-order valence-electron chi connectivity index (χ4n) is 2.45. The van der Waals surface area contributed by atoms with Crippen LogP contribution >= 0.6 is 0 Å². The van der Waals surface area contributed by atoms with E-state index >= 15 is 0 Å². The highest BCUT2D eigenvalue weighted by atomic mass is 16.5. The molecule has 0 atom stereocenters. The molecule has 0 aromatic heterocycles. The normalized spacial score (nSPS) is 11.7. The SMILES string of the molecule is CCc1ccc(OCCCCCCNC)c(C(C)(C)C)c1. The Bertz CT molecular complexity index is 407. The Morgan fingerprint density at radius 1 is 1.05 bits per heavy atom. The van der Waals surface area contributed by atoms with Crippen molar-refractivity contribution in [3.8, 4) is 5.75 Å². The van der Waals surface area contributed by atoms with E-state index in [2.05, 4.69) is 51.2 Å². The summed E-state index contributed by atoms with van der Waals surface area (Å²) in [7, 11) is 2.01. The maximum atomic E-state index is 6.05. The molecule has 0 unspecified atom stereocenters. The second-order valence-electron chi connectivity index (χ2n) is 6.80. The van der Waals surface area contributed by atoms with Gasteiger partial charge in [-0.25, -0.2) is 0 Å². The van der Waals surface area contributed by atoms with E-state index in [1.54, 1.807) is 0 Å². The first-order chi connectivity index (χ1) is 9.99. The molecule has 2 nitrogen and oxygen atoms in total. The van der Waals surface area contributed by atoms with Crippen molar-refractivity contribution in [1.29, 1.82) is 0 Å². The molecule has 120 valence electrons. The lowest BCUT2D eigenvalue weighted by Crippen LogP contribution is -2.14. The molecule has 0 fully saturated rings. The van der Waals surface area contributed by atoms with Crippen molar-refractivity contribution < 1.29 is 4.74 Å². The average Bonchev–Trinajstić information content (AvgIpc) is 2.45. The van der Waals surface area contributed by atoms with Crippen LogP contribution < -0.4 is 10.1 Å². The minimum atomic E-state index is 0.132. The Kier molecular flexibility index (Phi) is 7.81. The first-order valence-corrected chi connectivity index (χ1v) is 8.40. The summed E-state index contributed by atoms with van der Waals surface area (Å²) in [5.74, 6) is 1.06. The van der Waals surface area contributed by atoms with E-state index in [9.17, 15) is 0 Å². The molecule has 0 aliphatic rings. The van der Waals surface area contributed by atoms with Gasteiger partial charge in [0.1, 0.15) is 5.75 Å². The molecule has 0 spiro atoms. The number of nitrogens with one attached hydrogen (secondary N) is 1. The third kappa shape index (κ3) is 6.52. The van der Waals surface area contributed by atoms with Crippen LogP contribution in [0.25, 0.3) is 0 Å². The van der Waals surface area contributed by atoms with Crippen LogP contribution in [0.2, 0.25) is 0 Å². The van der Waals surface area contributed by atoms with Gasteiger partial charge in [-0.1, -0.05) is 52.7 Å². The molecule has 1 aromatic rings. The van der Waals surface area contributed by atoms with Gasteiger partial charge in [0.2, 0.25) is 0 Å². The van der Waals surface area contributed by atoms with Crippen molar-refractivity contribution in [2.24, 2.45) is 0 Å². The van der Waals surface area contributed by atoms with Gasteiger partial charge in [-0.2, -0.15) is 0 Å². The molecule has 0 aliphatic heterocycles. The molecule has 0 bridgehead atoms. The minimum absolute atomic E-state index is 0.132. The predicted octanol–water partition coefficient (Wildman–Crippen LogP) is 4.71. The minimum Gasteiger partial charge on any atom is -0.493 e. The highest BCUT2D eigenvalue weighted by Crippen LogP contribution is 2.32. The quantitative estimate of drug-likeness (QED) is 0.666. The van der Waals surface area contributed by atoms with E-state index < -0.39 is 0 Å². The van der Waals surface area contributed by atoms with E-state index in [1.165, 1.54) is 30.4 Å². The third-order valence-electron chi connectivity index (χ3n) is 3.84. The number of ether oxygens (including phenoxy) is 1. The number of benzene rings is 1. The molecular formula is C19H33NO. The van der Waals surface area contributed by atoms with Crippen LogP contribution in [0.1, 0.15) is 64.5 Å². The number of unbranched alkanes of at least 4 members (excludes halogenated alkanes) is 3. The lowest BCUT2D eigenvalue weighted by atomic mass is 9.85. The van der Waals surface area contributed by atoms with Gasteiger partial charge >= 0.3 is 0 Å². The summed E-state index contributed by atoms with van der Waals surface area (Å²) < 4.78 is 6.05. The fraction of sp³-hybridized carbons (Fsp3) is 0.684. The molecule has 0 saturated heterocycles. The van der Waals surface area contributed by atoms with E-state index in [4.69, 9.17) is 4.74 Å². The van der Waals surface area contributed by atoms with E-state index in [1.807, 2.05) is 7.05 Å². The molecule has 0 radical (unpaired) electrons. The van der Waals surface area contributed by atoms with Gasteiger partial charge in [0.25, 0.3) is 0 Å². The summed E-state index contributed by atoms with van der Waals surface area (Å²) in [4.78, 5) is 0. The molecule has 21 heavy (non-hydrogen) atoms. The Balaban J connectivity index is 2.51. The summed E-state index contributed by atoms with van der Waals surface area (Å²) in [6.45, 7) is 10.9. The fourth-order valence-corrected chi connectivity index (χ4v) is 2.45. The first-order valence-electron chi connectivity index (χ1n) is 8.40. The van der Waals surface area contributed by atoms with Gasteiger partial charge in [0.15, 0.2) is 0 Å². The highest BCUT2D eigenvalue weighted by molar-refractivity contribution is 5.41. The Morgan fingerprint density at radius 3 is 2.38 bits per heavy atom. The van der Waals surface area contributed by atoms with Crippen molar-refractivity contribution >= 4 is 0 Å². The standard InChI is InChI=1S/C19H33NO/c1-6-16-11-12-18(17(15-16)19(2,3)4)21-14-10-8-7-9-13-20-5/h11-12,15,20H,6-10,13-14H2,1-5H3. The van der Waals surface area contributed by atoms with Crippen LogP contribution in [0.3, 0.4) is 0 Å². The smallest absolute Gasteiger partial charge is 0.123 e. The molecule has 1 rings (SSSR count). The molecule has 1 N–H and O–H groups in total. The van der Waals surface area contributed by atoms with Crippen LogP contribution in [0, 0.1) is 0 Å². The van der Waals surface area contributed by atoms with Gasteiger partial charge < -0.3 is 10.1 Å². The maximum Gasteiger partial charge on any atom is 0.123 e. The van der Waals surface area contributed by atoms with Gasteiger partial charge in [-0.15, -0.1) is 0 Å². The molecule has 1 aromatic carbocycles. The van der Waals surface area contributed by atoms with E-state index in [0.29, 0.717) is 0 Å². The summed E-state index contributed by atoms with van der Waals surface area (Å²) >= 11 is 0. The molecule has 0 saturated carbocycles. The zero-order chi connectivity index (χ0) is 15.7. The van der Waals surface area contributed by atoms with Crippen LogP contribution in [-0.2, 0) is 11.8 Å². The lowest BCUT2D eigenvalue weighted by Gasteiger charge is -2.23. The maximum absolute atomic E-state index is 6.05. The lowest BCUT2D eigenvalue weighted by molar-refractivity contribution is 0.296. The zero-order valence-electron chi connectivity index (χ0n) is 14.6. The summed E-state index contributed by atoms with van der Waals surface area (Å²) in [5.41, 5.74) is 2.85. The van der Waals surface area contributed by atoms with Crippen molar-refractivity contribution in [2.45, 2.75) is 65.2 Å². The first kappa shape index (κ1) is 18.0. The van der Waals surface area contributed by atoms with Crippen molar-refractivity contribution in [3.63, 3.8) is 0 Å². The van der Waals surface area contributed by atoms with E-state index in [-0.39, 0.29) is 5.41 Å². The van der Waals surface area contributed by atoms with Gasteiger partial charge in [0, 0.05) is 0 Å². The van der Waals surface area contributed by atoms with Crippen LogP contribution in [0.4, 0.5) is 0 Å². The highest BCUT2D eigenvalue weighted by Gasteiger charge is 2.19. The topological polar surface area (TPSA) is 21.3 Å². The second-order valence-corrected chi connectivity index (χ2v) is 6.80. The summed E-state index contributed by atoms with van der Waals surface area (Å²) in [6.07, 6.45) is 6.01. The summed E-state index contributed by atoms with van der Waals surface area (Å²) in [6, 6.07) is 6.65. The molecule has 0 aliphatic carbocycles. The van der Waals surface area contributed by atoms with Crippen LogP contribution in [0.15, 0.2) is 18.2 Å². The van der Waals surface area contributed by atoms with Crippen molar-refractivity contribution in [1.82, 2.24) is 5.32 Å². The van der Waals surface area contributed by atoms with Gasteiger partial charge in [-0.3, -0.25) is 0 Å². The second kappa shape index (κ2) is 9.09. The van der Waals surface area contributed by atoms with Crippen molar-refractivity contribution in [3.05, 3.63) is 29.3 Å². The average molecular weight is 291 g/mol. The Labute approximate surface area is 131 Å². The third-order valence-corrected chi connectivity index (χ3v) is 3.84. The number of hydrogen-bond acceptors (Lipinski definition) is 2. The molecule has 2 heteroatoms. The van der Waals surface area contributed by atoms with Crippen LogP contribution in [0.5, 0.6) is 5.75 Å².